The van der Waals surface area contributed by atoms with E-state index in [0.717, 1.165) is 16.8 Å². The van der Waals surface area contributed by atoms with Crippen LogP contribution in [0.5, 0.6) is 0 Å². The van der Waals surface area contributed by atoms with Crippen LogP contribution in [-0.4, -0.2) is 5.91 Å². The molecule has 0 unspecified atom stereocenters. The van der Waals surface area contributed by atoms with E-state index in [1.807, 2.05) is 25.1 Å². The summed E-state index contributed by atoms with van der Waals surface area (Å²) in [5, 5.41) is 2.75. The summed E-state index contributed by atoms with van der Waals surface area (Å²) in [4.78, 5) is 11.2. The van der Waals surface area contributed by atoms with Crippen molar-refractivity contribution in [1.29, 1.82) is 0 Å². The van der Waals surface area contributed by atoms with Crippen molar-refractivity contribution in [3.05, 3.63) is 35.9 Å². The van der Waals surface area contributed by atoms with Crippen LogP contribution in [0.1, 0.15) is 11.1 Å². The van der Waals surface area contributed by atoms with Gasteiger partial charge in [-0.1, -0.05) is 18.7 Å². The summed E-state index contributed by atoms with van der Waals surface area (Å²) in [6, 6.07) is 5.79. The van der Waals surface area contributed by atoms with Crippen molar-refractivity contribution < 1.29 is 4.79 Å². The highest BCUT2D eigenvalue weighted by Gasteiger charge is 2.22. The largest absolute Gasteiger partial charge is 0.321 e. The first kappa shape index (κ1) is 7.10. The second-order valence-corrected chi connectivity index (χ2v) is 2.93. The van der Waals surface area contributed by atoms with Gasteiger partial charge in [-0.05, 0) is 18.6 Å². The Morgan fingerprint density at radius 3 is 2.83 bits per heavy atom. The molecule has 0 atom stereocenters. The Labute approximate surface area is 70.9 Å². The predicted molar refractivity (Wildman–Crippen MR) is 48.8 cm³/mol. The molecule has 0 bridgehead atoms. The van der Waals surface area contributed by atoms with Gasteiger partial charge in [-0.2, -0.15) is 0 Å². The number of carbonyl (C=O) groups is 1. The van der Waals surface area contributed by atoms with Crippen molar-refractivity contribution >= 4 is 17.2 Å². The Morgan fingerprint density at radius 1 is 1.42 bits per heavy atom. The number of hydrogen-bond acceptors (Lipinski definition) is 1. The molecule has 1 heterocycles. The molecule has 0 radical (unpaired) electrons. The Morgan fingerprint density at radius 2 is 2.17 bits per heavy atom. The van der Waals surface area contributed by atoms with Gasteiger partial charge in [-0.25, -0.2) is 0 Å². The van der Waals surface area contributed by atoms with E-state index in [0.29, 0.717) is 5.57 Å². The lowest BCUT2D eigenvalue weighted by atomic mass is 10.0. The third-order valence-corrected chi connectivity index (χ3v) is 2.10. The minimum Gasteiger partial charge on any atom is -0.321 e. The van der Waals surface area contributed by atoms with Gasteiger partial charge >= 0.3 is 0 Å². The first-order valence-corrected chi connectivity index (χ1v) is 3.80. The SMILES string of the molecule is C=C1C(=O)Nc2cccc(C)c21. The summed E-state index contributed by atoms with van der Waals surface area (Å²) in [5.41, 5.74) is 3.51. The molecule has 1 aliphatic rings. The first-order valence-electron chi connectivity index (χ1n) is 3.80. The zero-order valence-corrected chi connectivity index (χ0v) is 6.85. The quantitative estimate of drug-likeness (QED) is 0.576. The van der Waals surface area contributed by atoms with E-state index < -0.39 is 0 Å². The number of benzene rings is 1. The fraction of sp³-hybridized carbons (Fsp3) is 0.100. The number of hydrogen-bond donors (Lipinski definition) is 1. The van der Waals surface area contributed by atoms with E-state index in [1.165, 1.54) is 0 Å². The van der Waals surface area contributed by atoms with E-state index in [-0.39, 0.29) is 5.91 Å². The highest BCUT2D eigenvalue weighted by Crippen LogP contribution is 2.32. The Bertz CT molecular complexity index is 379. The van der Waals surface area contributed by atoms with Gasteiger partial charge in [0, 0.05) is 16.8 Å². The van der Waals surface area contributed by atoms with E-state index in [2.05, 4.69) is 11.9 Å². The molecule has 1 aromatic rings. The molecule has 0 spiro atoms. The molecule has 60 valence electrons. The fourth-order valence-corrected chi connectivity index (χ4v) is 1.48. The molecule has 1 aliphatic heterocycles. The van der Waals surface area contributed by atoms with Gasteiger partial charge in [0.25, 0.3) is 5.91 Å². The lowest BCUT2D eigenvalue weighted by molar-refractivity contribution is -0.110. The predicted octanol–water partition coefficient (Wildman–Crippen LogP) is 1.96. The van der Waals surface area contributed by atoms with Crippen LogP contribution < -0.4 is 5.32 Å². The average molecular weight is 159 g/mol. The number of nitrogens with one attached hydrogen (secondary N) is 1. The monoisotopic (exact) mass is 159 g/mol. The lowest BCUT2D eigenvalue weighted by Crippen LogP contribution is -2.02. The second kappa shape index (κ2) is 2.21. The van der Waals surface area contributed by atoms with Crippen molar-refractivity contribution in [2.75, 3.05) is 5.32 Å². The van der Waals surface area contributed by atoms with E-state index in [4.69, 9.17) is 0 Å². The number of rotatable bonds is 0. The van der Waals surface area contributed by atoms with Crippen LogP contribution in [-0.2, 0) is 4.79 Å². The molecule has 0 saturated heterocycles. The molecule has 2 rings (SSSR count). The molecule has 0 saturated carbocycles. The van der Waals surface area contributed by atoms with Gasteiger partial charge in [0.1, 0.15) is 0 Å². The smallest absolute Gasteiger partial charge is 0.255 e. The fourth-order valence-electron chi connectivity index (χ4n) is 1.48. The van der Waals surface area contributed by atoms with Gasteiger partial charge in [0.2, 0.25) is 0 Å². The number of amides is 1. The summed E-state index contributed by atoms with van der Waals surface area (Å²) in [5.74, 6) is -0.0840. The second-order valence-electron chi connectivity index (χ2n) is 2.93. The maximum absolute atomic E-state index is 11.2. The third-order valence-electron chi connectivity index (χ3n) is 2.10. The highest BCUT2D eigenvalue weighted by atomic mass is 16.1. The van der Waals surface area contributed by atoms with Gasteiger partial charge in [0.05, 0.1) is 0 Å². The van der Waals surface area contributed by atoms with Crippen LogP contribution in [0.2, 0.25) is 0 Å². The molecule has 0 fully saturated rings. The molecule has 1 N–H and O–H groups in total. The van der Waals surface area contributed by atoms with Crippen LogP contribution >= 0.6 is 0 Å². The van der Waals surface area contributed by atoms with Gasteiger partial charge in [-0.3, -0.25) is 4.79 Å². The summed E-state index contributed by atoms with van der Waals surface area (Å²) in [6.45, 7) is 5.70. The summed E-state index contributed by atoms with van der Waals surface area (Å²) < 4.78 is 0. The van der Waals surface area contributed by atoms with Crippen LogP contribution in [0.4, 0.5) is 5.69 Å². The number of fused-ring (bicyclic) bond motifs is 1. The zero-order chi connectivity index (χ0) is 8.72. The van der Waals surface area contributed by atoms with Crippen LogP contribution in [0.15, 0.2) is 24.8 Å². The third kappa shape index (κ3) is 0.780. The maximum atomic E-state index is 11.2. The summed E-state index contributed by atoms with van der Waals surface area (Å²) in [6.07, 6.45) is 0. The van der Waals surface area contributed by atoms with E-state index >= 15 is 0 Å². The van der Waals surface area contributed by atoms with Crippen molar-refractivity contribution in [2.45, 2.75) is 6.92 Å². The van der Waals surface area contributed by atoms with E-state index in [9.17, 15) is 4.79 Å². The van der Waals surface area contributed by atoms with Crippen molar-refractivity contribution in [1.82, 2.24) is 0 Å². The van der Waals surface area contributed by atoms with Gasteiger partial charge < -0.3 is 5.32 Å². The van der Waals surface area contributed by atoms with Gasteiger partial charge in [0.15, 0.2) is 0 Å². The lowest BCUT2D eigenvalue weighted by Gasteiger charge is -2.00. The average Bonchev–Trinajstić information content (AvgIpc) is 2.29. The summed E-state index contributed by atoms with van der Waals surface area (Å²) >= 11 is 0. The van der Waals surface area contributed by atoms with Crippen molar-refractivity contribution in [3.8, 4) is 0 Å². The minimum absolute atomic E-state index is 0.0840. The molecular weight excluding hydrogens is 150 g/mol. The molecule has 1 amide bonds. The minimum atomic E-state index is -0.0840. The summed E-state index contributed by atoms with van der Waals surface area (Å²) in [7, 11) is 0. The number of anilines is 1. The normalized spacial score (nSPS) is 14.4. The van der Waals surface area contributed by atoms with Crippen molar-refractivity contribution in [2.24, 2.45) is 0 Å². The van der Waals surface area contributed by atoms with Crippen LogP contribution in [0.3, 0.4) is 0 Å². The van der Waals surface area contributed by atoms with Crippen molar-refractivity contribution in [3.63, 3.8) is 0 Å². The number of aryl methyl sites for hydroxylation is 1. The number of carbonyl (C=O) groups excluding carboxylic acids is 1. The maximum Gasteiger partial charge on any atom is 0.255 e. The Hall–Kier alpha value is -1.57. The van der Waals surface area contributed by atoms with Crippen LogP contribution in [0.25, 0.3) is 5.57 Å². The molecule has 2 nitrogen and oxygen atoms in total. The molecule has 1 aromatic carbocycles. The Kier molecular flexibility index (Phi) is 1.30. The Balaban J connectivity index is 2.70. The molecule has 2 heteroatoms. The zero-order valence-electron chi connectivity index (χ0n) is 6.85. The van der Waals surface area contributed by atoms with Gasteiger partial charge in [-0.15, -0.1) is 0 Å². The molecule has 12 heavy (non-hydrogen) atoms. The molecule has 0 aliphatic carbocycles. The molecule has 0 aromatic heterocycles. The molecular formula is C10H9NO. The van der Waals surface area contributed by atoms with E-state index in [1.54, 1.807) is 0 Å². The highest BCUT2D eigenvalue weighted by molar-refractivity contribution is 6.31. The topological polar surface area (TPSA) is 29.1 Å². The first-order chi connectivity index (χ1) is 5.70. The van der Waals surface area contributed by atoms with Crippen LogP contribution in [0, 0.1) is 6.92 Å². The standard InChI is InChI=1S/C10H9NO/c1-6-4-3-5-8-9(6)7(2)10(12)11-8/h3-5H,2H2,1H3,(H,11,12).